The summed E-state index contributed by atoms with van der Waals surface area (Å²) < 4.78 is 45.3. The second-order valence-corrected chi connectivity index (χ2v) is 9.08. The molecule has 9 nitrogen and oxygen atoms in total. The van der Waals surface area contributed by atoms with E-state index >= 15 is 0 Å². The highest BCUT2D eigenvalue weighted by Crippen LogP contribution is 2.28. The smallest absolute Gasteiger partial charge is 0.287 e. The van der Waals surface area contributed by atoms with Gasteiger partial charge in [-0.1, -0.05) is 11.6 Å². The SMILES string of the molecule is NC(=O)c1ocnc1C(=O)N(CCN1CCC(F)(F)CC1)c1ccc(NC(=O)c2ccc(F)cc2Cl)cc1. The fraction of sp³-hybridized carbons (Fsp3) is 0.280. The zero-order valence-corrected chi connectivity index (χ0v) is 20.7. The van der Waals surface area contributed by atoms with Crippen LogP contribution in [0.25, 0.3) is 0 Å². The molecular weight excluding hydrogens is 527 g/mol. The Balaban J connectivity index is 1.53. The van der Waals surface area contributed by atoms with Crippen LogP contribution < -0.4 is 16.0 Å². The molecule has 1 fully saturated rings. The number of nitrogens with one attached hydrogen (secondary N) is 1. The molecule has 13 heteroatoms. The first-order chi connectivity index (χ1) is 18.0. The molecule has 0 spiro atoms. The van der Waals surface area contributed by atoms with Gasteiger partial charge in [0.05, 0.1) is 10.6 Å². The number of nitrogens with two attached hydrogens (primary N) is 1. The molecule has 3 amide bonds. The summed E-state index contributed by atoms with van der Waals surface area (Å²) in [5.74, 6) is -5.90. The topological polar surface area (TPSA) is 122 Å². The first kappa shape index (κ1) is 27.1. The number of likely N-dealkylation sites (tertiary alicyclic amines) is 1. The minimum absolute atomic E-state index is 0.0516. The zero-order chi connectivity index (χ0) is 27.4. The number of carbonyl (C=O) groups excluding carboxylic acids is 3. The second kappa shape index (κ2) is 11.2. The highest BCUT2D eigenvalue weighted by Gasteiger charge is 2.34. The lowest BCUT2D eigenvalue weighted by Crippen LogP contribution is -2.44. The van der Waals surface area contributed by atoms with Crippen molar-refractivity contribution in [3.63, 3.8) is 0 Å². The lowest BCUT2D eigenvalue weighted by molar-refractivity contribution is -0.0545. The largest absolute Gasteiger partial charge is 0.437 e. The van der Waals surface area contributed by atoms with Gasteiger partial charge in [0.1, 0.15) is 5.82 Å². The third-order valence-corrected chi connectivity index (χ3v) is 6.39. The van der Waals surface area contributed by atoms with E-state index in [0.717, 1.165) is 18.5 Å². The number of anilines is 2. The van der Waals surface area contributed by atoms with Crippen LogP contribution in [0.3, 0.4) is 0 Å². The minimum atomic E-state index is -2.71. The monoisotopic (exact) mass is 549 g/mol. The molecular formula is C25H23ClF3N5O4. The van der Waals surface area contributed by atoms with Crippen LogP contribution in [-0.4, -0.2) is 59.7 Å². The van der Waals surface area contributed by atoms with E-state index in [9.17, 15) is 27.6 Å². The average molecular weight is 550 g/mol. The lowest BCUT2D eigenvalue weighted by Gasteiger charge is -2.33. The Hall–Kier alpha value is -3.90. The Morgan fingerprint density at radius 3 is 2.45 bits per heavy atom. The normalized spacial score (nSPS) is 15.2. The van der Waals surface area contributed by atoms with Gasteiger partial charge >= 0.3 is 0 Å². The van der Waals surface area contributed by atoms with Gasteiger partial charge in [0, 0.05) is 50.4 Å². The molecule has 0 aliphatic carbocycles. The van der Waals surface area contributed by atoms with Crippen molar-refractivity contribution in [1.82, 2.24) is 9.88 Å². The fourth-order valence-electron chi connectivity index (χ4n) is 3.99. The minimum Gasteiger partial charge on any atom is -0.437 e. The number of benzene rings is 2. The summed E-state index contributed by atoms with van der Waals surface area (Å²) in [5.41, 5.74) is 5.83. The van der Waals surface area contributed by atoms with Crippen molar-refractivity contribution in [1.29, 1.82) is 0 Å². The molecule has 3 N–H and O–H groups in total. The first-order valence-electron chi connectivity index (χ1n) is 11.6. The van der Waals surface area contributed by atoms with E-state index in [1.807, 2.05) is 4.90 Å². The van der Waals surface area contributed by atoms with Crippen LogP contribution in [0.15, 0.2) is 53.3 Å². The van der Waals surface area contributed by atoms with E-state index in [0.29, 0.717) is 11.4 Å². The van der Waals surface area contributed by atoms with Gasteiger partial charge in [-0.15, -0.1) is 0 Å². The Morgan fingerprint density at radius 2 is 1.82 bits per heavy atom. The van der Waals surface area contributed by atoms with Crippen LogP contribution in [0.4, 0.5) is 24.5 Å². The van der Waals surface area contributed by atoms with Gasteiger partial charge in [-0.25, -0.2) is 18.2 Å². The van der Waals surface area contributed by atoms with E-state index in [-0.39, 0.29) is 55.3 Å². The van der Waals surface area contributed by atoms with Crippen molar-refractivity contribution >= 4 is 40.7 Å². The Kier molecular flexibility index (Phi) is 8.02. The maximum Gasteiger partial charge on any atom is 0.287 e. The standard InChI is InChI=1S/C25H23ClF3N5O4/c26-19-13-15(27)1-6-18(19)23(36)32-16-2-4-17(5-3-16)34(12-11-33-9-7-25(28,29)8-10-33)24(37)20-21(22(30)35)38-14-31-20/h1-6,13-14H,7-12H2,(H2,30,35)(H,32,36). The Labute approximate surface area is 220 Å². The van der Waals surface area contributed by atoms with E-state index in [1.165, 1.54) is 23.1 Å². The lowest BCUT2D eigenvalue weighted by atomic mass is 10.1. The van der Waals surface area contributed by atoms with Crippen molar-refractivity contribution in [2.45, 2.75) is 18.8 Å². The van der Waals surface area contributed by atoms with Crippen LogP contribution in [-0.2, 0) is 0 Å². The number of primary amides is 1. The van der Waals surface area contributed by atoms with Crippen molar-refractivity contribution < 1.29 is 32.0 Å². The number of carbonyl (C=O) groups is 3. The summed E-state index contributed by atoms with van der Waals surface area (Å²) in [4.78, 5) is 44.6. The van der Waals surface area contributed by atoms with Gasteiger partial charge in [-0.05, 0) is 42.5 Å². The molecule has 1 aromatic heterocycles. The highest BCUT2D eigenvalue weighted by molar-refractivity contribution is 6.34. The summed E-state index contributed by atoms with van der Waals surface area (Å²) in [6, 6.07) is 9.56. The fourth-order valence-corrected chi connectivity index (χ4v) is 4.24. The summed E-state index contributed by atoms with van der Waals surface area (Å²) >= 11 is 5.95. The van der Waals surface area contributed by atoms with Crippen LogP contribution in [0.5, 0.6) is 0 Å². The van der Waals surface area contributed by atoms with Gasteiger partial charge in [0.2, 0.25) is 5.76 Å². The molecule has 2 heterocycles. The average Bonchev–Trinajstić information content (AvgIpc) is 3.36. The highest BCUT2D eigenvalue weighted by atomic mass is 35.5. The number of halogens is 4. The number of nitrogens with zero attached hydrogens (tertiary/aromatic N) is 3. The third kappa shape index (κ3) is 6.32. The molecule has 4 rings (SSSR count). The molecule has 3 aromatic rings. The first-order valence-corrected chi connectivity index (χ1v) is 11.9. The van der Waals surface area contributed by atoms with Crippen molar-refractivity contribution in [2.75, 3.05) is 36.4 Å². The van der Waals surface area contributed by atoms with Crippen LogP contribution >= 0.6 is 11.6 Å². The van der Waals surface area contributed by atoms with Crippen molar-refractivity contribution in [3.8, 4) is 0 Å². The maximum atomic E-state index is 13.5. The van der Waals surface area contributed by atoms with Crippen molar-refractivity contribution in [3.05, 3.63) is 76.7 Å². The molecule has 0 radical (unpaired) electrons. The van der Waals surface area contributed by atoms with E-state index in [2.05, 4.69) is 10.3 Å². The number of oxazole rings is 1. The number of aromatic nitrogens is 1. The maximum absolute atomic E-state index is 13.5. The number of hydrogen-bond donors (Lipinski definition) is 2. The summed E-state index contributed by atoms with van der Waals surface area (Å²) in [5, 5.41) is 2.59. The molecule has 0 saturated carbocycles. The van der Waals surface area contributed by atoms with Crippen molar-refractivity contribution in [2.24, 2.45) is 5.73 Å². The number of hydrogen-bond acceptors (Lipinski definition) is 6. The van der Waals surface area contributed by atoms with Gasteiger partial charge in [-0.3, -0.25) is 14.4 Å². The molecule has 0 atom stereocenters. The Morgan fingerprint density at radius 1 is 1.13 bits per heavy atom. The van der Waals surface area contributed by atoms with Gasteiger partial charge < -0.3 is 25.3 Å². The molecule has 2 aromatic carbocycles. The molecule has 1 saturated heterocycles. The predicted octanol–water partition coefficient (Wildman–Crippen LogP) is 4.20. The Bertz CT molecular complexity index is 1340. The molecule has 38 heavy (non-hydrogen) atoms. The number of amides is 3. The third-order valence-electron chi connectivity index (χ3n) is 6.08. The zero-order valence-electron chi connectivity index (χ0n) is 19.9. The van der Waals surface area contributed by atoms with E-state index in [4.69, 9.17) is 21.8 Å². The number of piperidine rings is 1. The van der Waals surface area contributed by atoms with Gasteiger partial charge in [0.25, 0.3) is 23.6 Å². The molecule has 0 unspecified atom stereocenters. The van der Waals surface area contributed by atoms with Crippen LogP contribution in [0, 0.1) is 5.82 Å². The summed E-state index contributed by atoms with van der Waals surface area (Å²) in [6.07, 6.45) is 0.377. The van der Waals surface area contributed by atoms with Crippen LogP contribution in [0.2, 0.25) is 5.02 Å². The number of rotatable bonds is 8. The molecule has 200 valence electrons. The van der Waals surface area contributed by atoms with Crippen LogP contribution in [0.1, 0.15) is 44.2 Å². The van der Waals surface area contributed by atoms with Gasteiger partial charge in [0.15, 0.2) is 12.1 Å². The van der Waals surface area contributed by atoms with E-state index in [1.54, 1.807) is 12.1 Å². The molecule has 1 aliphatic heterocycles. The molecule has 1 aliphatic rings. The quantitative estimate of drug-likeness (QED) is 0.434. The predicted molar refractivity (Wildman–Crippen MR) is 133 cm³/mol. The second-order valence-electron chi connectivity index (χ2n) is 8.67. The summed E-state index contributed by atoms with van der Waals surface area (Å²) in [6.45, 7) is 0.713. The van der Waals surface area contributed by atoms with E-state index < -0.39 is 35.2 Å². The van der Waals surface area contributed by atoms with Gasteiger partial charge in [-0.2, -0.15) is 0 Å². The summed E-state index contributed by atoms with van der Waals surface area (Å²) in [7, 11) is 0. The number of alkyl halides is 2. The molecule has 0 bridgehead atoms.